The molecule has 68 valence electrons. The van der Waals surface area contributed by atoms with E-state index in [1.165, 1.54) is 12.8 Å². The number of unbranched alkanes of at least 4 members (excludes halogenated alkanes) is 1. The molecule has 1 aromatic heterocycles. The third kappa shape index (κ3) is 2.70. The fourth-order valence-electron chi connectivity index (χ4n) is 1.15. The second kappa shape index (κ2) is 4.99. The van der Waals surface area contributed by atoms with Crippen LogP contribution in [-0.2, 0) is 12.8 Å². The Hall–Kier alpha value is -0.760. The molecule has 0 atom stereocenters. The van der Waals surface area contributed by atoms with Gasteiger partial charge in [-0.15, -0.1) is 0 Å². The van der Waals surface area contributed by atoms with E-state index < -0.39 is 0 Å². The number of rotatable bonds is 5. The molecule has 0 amide bonds. The molecule has 0 radical (unpaired) electrons. The topological polar surface area (TPSA) is 33.4 Å². The Morgan fingerprint density at radius 3 is 2.50 bits per heavy atom. The second-order valence-corrected chi connectivity index (χ2v) is 2.95. The van der Waals surface area contributed by atoms with E-state index in [2.05, 4.69) is 6.92 Å². The van der Waals surface area contributed by atoms with Crippen LogP contribution in [0.4, 0.5) is 0 Å². The van der Waals surface area contributed by atoms with Gasteiger partial charge in [0.15, 0.2) is 0 Å². The Balaban J connectivity index is 2.41. The Kier molecular flexibility index (Phi) is 3.88. The lowest BCUT2D eigenvalue weighted by atomic mass is 10.2. The predicted octanol–water partition coefficient (Wildman–Crippen LogP) is 2.16. The molecule has 0 bridgehead atoms. The zero-order valence-corrected chi connectivity index (χ0v) is 7.55. The first-order valence-electron chi connectivity index (χ1n) is 4.55. The summed E-state index contributed by atoms with van der Waals surface area (Å²) in [7, 11) is 0. The van der Waals surface area contributed by atoms with Gasteiger partial charge in [0.2, 0.25) is 0 Å². The smallest absolute Gasteiger partial charge is 0.106 e. The van der Waals surface area contributed by atoms with Gasteiger partial charge in [0, 0.05) is 12.8 Å². The molecule has 1 aromatic rings. The van der Waals surface area contributed by atoms with E-state index in [4.69, 9.17) is 9.52 Å². The van der Waals surface area contributed by atoms with Gasteiger partial charge in [-0.1, -0.05) is 13.3 Å². The lowest BCUT2D eigenvalue weighted by molar-refractivity contribution is 0.286. The van der Waals surface area contributed by atoms with Crippen molar-refractivity contribution in [1.29, 1.82) is 0 Å². The lowest BCUT2D eigenvalue weighted by Crippen LogP contribution is -1.86. The molecule has 0 fully saturated rings. The summed E-state index contributed by atoms with van der Waals surface area (Å²) >= 11 is 0. The van der Waals surface area contributed by atoms with Gasteiger partial charge in [0.05, 0.1) is 6.61 Å². The van der Waals surface area contributed by atoms with Crippen LogP contribution in [0.25, 0.3) is 0 Å². The Morgan fingerprint density at radius 2 is 1.92 bits per heavy atom. The molecular weight excluding hydrogens is 152 g/mol. The van der Waals surface area contributed by atoms with Crippen LogP contribution in [-0.4, -0.2) is 11.7 Å². The van der Waals surface area contributed by atoms with Crippen LogP contribution in [0, 0.1) is 0 Å². The van der Waals surface area contributed by atoms with Crippen molar-refractivity contribution in [3.63, 3.8) is 0 Å². The number of hydrogen-bond donors (Lipinski definition) is 1. The van der Waals surface area contributed by atoms with Crippen molar-refractivity contribution in [1.82, 2.24) is 0 Å². The Bertz CT molecular complexity index is 215. The van der Waals surface area contributed by atoms with Gasteiger partial charge in [-0.2, -0.15) is 0 Å². The maximum absolute atomic E-state index is 8.65. The molecule has 0 aromatic carbocycles. The van der Waals surface area contributed by atoms with Crippen LogP contribution in [0.15, 0.2) is 16.5 Å². The fourth-order valence-corrected chi connectivity index (χ4v) is 1.15. The van der Waals surface area contributed by atoms with Crippen LogP contribution < -0.4 is 0 Å². The maximum Gasteiger partial charge on any atom is 0.106 e. The van der Waals surface area contributed by atoms with Gasteiger partial charge in [0.25, 0.3) is 0 Å². The van der Waals surface area contributed by atoms with Gasteiger partial charge in [0.1, 0.15) is 11.5 Å². The minimum atomic E-state index is 0.167. The third-order valence-electron chi connectivity index (χ3n) is 1.85. The van der Waals surface area contributed by atoms with E-state index in [0.717, 1.165) is 17.9 Å². The van der Waals surface area contributed by atoms with Gasteiger partial charge in [-0.3, -0.25) is 0 Å². The minimum absolute atomic E-state index is 0.167. The van der Waals surface area contributed by atoms with Crippen molar-refractivity contribution < 1.29 is 9.52 Å². The average Bonchev–Trinajstić information content (AvgIpc) is 2.50. The predicted molar refractivity (Wildman–Crippen MR) is 48.1 cm³/mol. The first kappa shape index (κ1) is 9.33. The largest absolute Gasteiger partial charge is 0.466 e. The third-order valence-corrected chi connectivity index (χ3v) is 1.85. The molecule has 0 aliphatic rings. The van der Waals surface area contributed by atoms with Crippen molar-refractivity contribution in [2.45, 2.75) is 32.6 Å². The van der Waals surface area contributed by atoms with Crippen LogP contribution in [0.5, 0.6) is 0 Å². The van der Waals surface area contributed by atoms with E-state index in [1.807, 2.05) is 12.1 Å². The van der Waals surface area contributed by atoms with Crippen LogP contribution >= 0.6 is 0 Å². The van der Waals surface area contributed by atoms with Gasteiger partial charge < -0.3 is 9.52 Å². The molecule has 0 saturated heterocycles. The SMILES string of the molecule is CCCCc1ccc(CCO)o1. The fraction of sp³-hybridized carbons (Fsp3) is 0.600. The molecule has 12 heavy (non-hydrogen) atoms. The second-order valence-electron chi connectivity index (χ2n) is 2.95. The zero-order chi connectivity index (χ0) is 8.81. The number of furan rings is 1. The summed E-state index contributed by atoms with van der Waals surface area (Å²) in [5.74, 6) is 1.93. The zero-order valence-electron chi connectivity index (χ0n) is 7.55. The molecule has 0 aliphatic carbocycles. The van der Waals surface area contributed by atoms with Gasteiger partial charge in [-0.05, 0) is 18.6 Å². The van der Waals surface area contributed by atoms with Gasteiger partial charge in [-0.25, -0.2) is 0 Å². The highest BCUT2D eigenvalue weighted by Crippen LogP contribution is 2.10. The van der Waals surface area contributed by atoms with Crippen molar-refractivity contribution in [2.24, 2.45) is 0 Å². The van der Waals surface area contributed by atoms with Crippen molar-refractivity contribution in [2.75, 3.05) is 6.61 Å². The van der Waals surface area contributed by atoms with E-state index >= 15 is 0 Å². The molecular formula is C10H16O2. The monoisotopic (exact) mass is 168 g/mol. The molecule has 0 unspecified atom stereocenters. The highest BCUT2D eigenvalue weighted by atomic mass is 16.3. The summed E-state index contributed by atoms with van der Waals surface area (Å²) in [6.07, 6.45) is 4.01. The van der Waals surface area contributed by atoms with Crippen LogP contribution in [0.1, 0.15) is 31.3 Å². The maximum atomic E-state index is 8.65. The number of aliphatic hydroxyl groups is 1. The van der Waals surface area contributed by atoms with Crippen LogP contribution in [0.3, 0.4) is 0 Å². The highest BCUT2D eigenvalue weighted by molar-refractivity contribution is 5.07. The number of aliphatic hydroxyl groups excluding tert-OH is 1. The van der Waals surface area contributed by atoms with E-state index in [9.17, 15) is 0 Å². The van der Waals surface area contributed by atoms with Crippen molar-refractivity contribution >= 4 is 0 Å². The minimum Gasteiger partial charge on any atom is -0.466 e. The number of hydrogen-bond acceptors (Lipinski definition) is 2. The quantitative estimate of drug-likeness (QED) is 0.730. The van der Waals surface area contributed by atoms with Crippen molar-refractivity contribution in [3.05, 3.63) is 23.7 Å². The van der Waals surface area contributed by atoms with E-state index in [1.54, 1.807) is 0 Å². The molecule has 1 rings (SSSR count). The first-order valence-corrected chi connectivity index (χ1v) is 4.55. The first-order chi connectivity index (χ1) is 5.86. The van der Waals surface area contributed by atoms with Crippen molar-refractivity contribution in [3.8, 4) is 0 Å². The Morgan fingerprint density at radius 1 is 1.25 bits per heavy atom. The average molecular weight is 168 g/mol. The van der Waals surface area contributed by atoms with E-state index in [0.29, 0.717) is 6.42 Å². The molecule has 0 saturated carbocycles. The summed E-state index contributed by atoms with van der Waals surface area (Å²) in [4.78, 5) is 0. The standard InChI is InChI=1S/C10H16O2/c1-2-3-4-9-5-6-10(12-9)7-8-11/h5-6,11H,2-4,7-8H2,1H3. The molecule has 1 heterocycles. The summed E-state index contributed by atoms with van der Waals surface area (Å²) < 4.78 is 5.47. The highest BCUT2D eigenvalue weighted by Gasteiger charge is 1.99. The summed E-state index contributed by atoms with van der Waals surface area (Å²) in [6.45, 7) is 2.33. The molecule has 0 spiro atoms. The molecule has 2 heteroatoms. The molecule has 0 aliphatic heterocycles. The number of aryl methyl sites for hydroxylation is 1. The molecule has 1 N–H and O–H groups in total. The summed E-state index contributed by atoms with van der Waals surface area (Å²) in [6, 6.07) is 3.95. The van der Waals surface area contributed by atoms with Crippen LogP contribution in [0.2, 0.25) is 0 Å². The molecule has 2 nitrogen and oxygen atoms in total. The normalized spacial score (nSPS) is 10.5. The van der Waals surface area contributed by atoms with E-state index in [-0.39, 0.29) is 6.61 Å². The Labute approximate surface area is 73.2 Å². The summed E-state index contributed by atoms with van der Waals surface area (Å²) in [5, 5.41) is 8.65. The van der Waals surface area contributed by atoms with Gasteiger partial charge >= 0.3 is 0 Å². The lowest BCUT2D eigenvalue weighted by Gasteiger charge is -1.93. The summed E-state index contributed by atoms with van der Waals surface area (Å²) in [5.41, 5.74) is 0.